The van der Waals surface area contributed by atoms with E-state index in [4.69, 9.17) is 4.42 Å². The number of hydrogen-bond acceptors (Lipinski definition) is 6. The maximum Gasteiger partial charge on any atom is 0.314 e. The number of nitrogens with zero attached hydrogens (tertiary/aromatic N) is 6. The molecule has 1 amide bonds. The first-order valence-electron chi connectivity index (χ1n) is 9.53. The van der Waals surface area contributed by atoms with Gasteiger partial charge in [0.1, 0.15) is 0 Å². The first kappa shape index (κ1) is 17.9. The van der Waals surface area contributed by atoms with Crippen molar-refractivity contribution in [1.82, 2.24) is 29.9 Å². The number of alkyl halides is 2. The second-order valence-electron chi connectivity index (χ2n) is 7.30. The van der Waals surface area contributed by atoms with Gasteiger partial charge >= 0.3 is 6.43 Å². The summed E-state index contributed by atoms with van der Waals surface area (Å²) in [5.74, 6) is -0.946. The van der Waals surface area contributed by atoms with Crippen LogP contribution in [0.25, 0.3) is 11.5 Å². The molecule has 2 aliphatic rings. The topological polar surface area (TPSA) is 89.9 Å². The van der Waals surface area contributed by atoms with Crippen LogP contribution in [0.15, 0.2) is 35.1 Å². The molecular formula is C19H18F2N6O2. The van der Waals surface area contributed by atoms with Gasteiger partial charge in [0.15, 0.2) is 0 Å². The molecule has 0 bridgehead atoms. The number of fused-ring (bicyclic) bond motifs is 1. The van der Waals surface area contributed by atoms with Crippen LogP contribution >= 0.6 is 0 Å². The summed E-state index contributed by atoms with van der Waals surface area (Å²) < 4.78 is 32.3. The van der Waals surface area contributed by atoms with Crippen LogP contribution in [-0.2, 0) is 6.54 Å². The Morgan fingerprint density at radius 1 is 1.17 bits per heavy atom. The van der Waals surface area contributed by atoms with Crippen molar-refractivity contribution < 1.29 is 18.0 Å². The highest BCUT2D eigenvalue weighted by molar-refractivity contribution is 5.98. The Hall–Kier alpha value is -3.17. The molecule has 0 spiro atoms. The summed E-state index contributed by atoms with van der Waals surface area (Å²) >= 11 is 0. The van der Waals surface area contributed by atoms with Gasteiger partial charge in [-0.25, -0.2) is 0 Å². The Kier molecular flexibility index (Phi) is 4.33. The molecule has 29 heavy (non-hydrogen) atoms. The third kappa shape index (κ3) is 3.08. The van der Waals surface area contributed by atoms with E-state index in [1.54, 1.807) is 12.3 Å². The third-order valence-corrected chi connectivity index (χ3v) is 5.61. The average molecular weight is 400 g/mol. The zero-order valence-corrected chi connectivity index (χ0v) is 15.4. The number of carbonyl (C=O) groups excluding carboxylic acids is 1. The Labute approximate surface area is 164 Å². The fourth-order valence-corrected chi connectivity index (χ4v) is 4.26. The molecule has 1 saturated carbocycles. The van der Waals surface area contributed by atoms with E-state index in [1.165, 1.54) is 6.20 Å². The Morgan fingerprint density at radius 2 is 2.00 bits per heavy atom. The van der Waals surface area contributed by atoms with Crippen molar-refractivity contribution in [2.24, 2.45) is 0 Å². The smallest absolute Gasteiger partial charge is 0.314 e. The second kappa shape index (κ2) is 7.02. The van der Waals surface area contributed by atoms with Crippen molar-refractivity contribution in [2.45, 2.75) is 50.7 Å². The van der Waals surface area contributed by atoms with Crippen LogP contribution in [0, 0.1) is 0 Å². The molecule has 1 fully saturated rings. The standard InChI is InChI=1S/C19H18F2N6O2/c20-16(21)18-25-24-17(29-18)11-8-12-13(22-9-11)10-26(19(12)28)14-4-1-2-5-15(14)27-7-3-6-23-27/h3,6-9,14-16H,1-2,4-5,10H2. The van der Waals surface area contributed by atoms with Gasteiger partial charge in [0.2, 0.25) is 5.89 Å². The van der Waals surface area contributed by atoms with Crippen LogP contribution in [0.1, 0.15) is 60.1 Å². The van der Waals surface area contributed by atoms with Gasteiger partial charge in [0.05, 0.1) is 35.4 Å². The van der Waals surface area contributed by atoms with E-state index in [-0.39, 0.29) is 23.9 Å². The molecule has 10 heteroatoms. The summed E-state index contributed by atoms with van der Waals surface area (Å²) in [5.41, 5.74) is 1.46. The number of rotatable bonds is 4. The van der Waals surface area contributed by atoms with Gasteiger partial charge < -0.3 is 9.32 Å². The lowest BCUT2D eigenvalue weighted by molar-refractivity contribution is 0.0557. The lowest BCUT2D eigenvalue weighted by atomic mass is 9.89. The highest BCUT2D eigenvalue weighted by atomic mass is 19.3. The number of amides is 1. The SMILES string of the molecule is O=C1c2cc(-c3nnc(C(F)F)o3)cnc2CN1C1CCCCC1n1cccn1. The van der Waals surface area contributed by atoms with E-state index in [0.29, 0.717) is 23.4 Å². The van der Waals surface area contributed by atoms with Crippen molar-refractivity contribution in [3.8, 4) is 11.5 Å². The van der Waals surface area contributed by atoms with Crippen molar-refractivity contribution in [3.05, 3.63) is 47.9 Å². The lowest BCUT2D eigenvalue weighted by Gasteiger charge is -2.37. The summed E-state index contributed by atoms with van der Waals surface area (Å²) in [4.78, 5) is 19.4. The zero-order valence-electron chi connectivity index (χ0n) is 15.4. The monoisotopic (exact) mass is 400 g/mol. The molecule has 0 aromatic carbocycles. The molecule has 0 radical (unpaired) electrons. The molecule has 3 aromatic heterocycles. The lowest BCUT2D eigenvalue weighted by Crippen LogP contribution is -2.43. The van der Waals surface area contributed by atoms with Gasteiger partial charge in [-0.05, 0) is 25.0 Å². The molecular weight excluding hydrogens is 382 g/mol. The van der Waals surface area contributed by atoms with E-state index >= 15 is 0 Å². The Balaban J connectivity index is 1.43. The molecule has 0 saturated heterocycles. The molecule has 5 rings (SSSR count). The number of halogens is 2. The van der Waals surface area contributed by atoms with Crippen LogP contribution in [-0.4, -0.2) is 41.8 Å². The number of aromatic nitrogens is 5. The van der Waals surface area contributed by atoms with E-state index in [1.807, 2.05) is 21.8 Å². The fraction of sp³-hybridized carbons (Fsp3) is 0.421. The molecule has 3 aromatic rings. The summed E-state index contributed by atoms with van der Waals surface area (Å²) in [6.45, 7) is 0.420. The van der Waals surface area contributed by atoms with E-state index in [0.717, 1.165) is 25.7 Å². The predicted molar refractivity (Wildman–Crippen MR) is 95.9 cm³/mol. The molecule has 2 atom stereocenters. The minimum atomic E-state index is -2.85. The van der Waals surface area contributed by atoms with Gasteiger partial charge in [0.25, 0.3) is 11.8 Å². The molecule has 150 valence electrons. The number of hydrogen-bond donors (Lipinski definition) is 0. The Morgan fingerprint density at radius 3 is 2.72 bits per heavy atom. The van der Waals surface area contributed by atoms with Crippen LogP contribution < -0.4 is 0 Å². The fourth-order valence-electron chi connectivity index (χ4n) is 4.26. The van der Waals surface area contributed by atoms with Crippen molar-refractivity contribution in [3.63, 3.8) is 0 Å². The number of carbonyl (C=O) groups is 1. The van der Waals surface area contributed by atoms with E-state index in [9.17, 15) is 13.6 Å². The molecule has 4 heterocycles. The van der Waals surface area contributed by atoms with Crippen molar-refractivity contribution in [2.75, 3.05) is 0 Å². The first-order chi connectivity index (χ1) is 14.1. The van der Waals surface area contributed by atoms with Crippen molar-refractivity contribution >= 4 is 5.91 Å². The van der Waals surface area contributed by atoms with Crippen molar-refractivity contribution in [1.29, 1.82) is 0 Å². The summed E-state index contributed by atoms with van der Waals surface area (Å²) in [6, 6.07) is 3.64. The van der Waals surface area contributed by atoms with Gasteiger partial charge in [-0.3, -0.25) is 14.5 Å². The van der Waals surface area contributed by atoms with E-state index < -0.39 is 12.3 Å². The predicted octanol–water partition coefficient (Wildman–Crippen LogP) is 3.41. The van der Waals surface area contributed by atoms with Crippen LogP contribution in [0.5, 0.6) is 0 Å². The molecule has 8 nitrogen and oxygen atoms in total. The third-order valence-electron chi connectivity index (χ3n) is 5.61. The normalized spacial score (nSPS) is 21.8. The summed E-state index contributed by atoms with van der Waals surface area (Å²) in [6.07, 6.45) is 6.33. The highest BCUT2D eigenvalue weighted by Gasteiger charge is 2.39. The first-order valence-corrected chi connectivity index (χ1v) is 9.53. The Bertz CT molecular complexity index is 1040. The highest BCUT2D eigenvalue weighted by Crippen LogP contribution is 2.37. The summed E-state index contributed by atoms with van der Waals surface area (Å²) in [7, 11) is 0. The maximum atomic E-state index is 13.2. The van der Waals surface area contributed by atoms with Gasteiger partial charge in [-0.1, -0.05) is 12.8 Å². The van der Waals surface area contributed by atoms with Gasteiger partial charge in [-0.15, -0.1) is 10.2 Å². The number of pyridine rings is 1. The summed E-state index contributed by atoms with van der Waals surface area (Å²) in [5, 5.41) is 11.4. The molecule has 1 aliphatic heterocycles. The zero-order chi connectivity index (χ0) is 20.0. The minimum Gasteiger partial charge on any atom is -0.415 e. The van der Waals surface area contributed by atoms with Gasteiger partial charge in [-0.2, -0.15) is 13.9 Å². The second-order valence-corrected chi connectivity index (χ2v) is 7.30. The largest absolute Gasteiger partial charge is 0.415 e. The van der Waals surface area contributed by atoms with Crippen LogP contribution in [0.3, 0.4) is 0 Å². The molecule has 1 aliphatic carbocycles. The minimum absolute atomic E-state index is 0.0302. The van der Waals surface area contributed by atoms with Crippen LogP contribution in [0.4, 0.5) is 8.78 Å². The van der Waals surface area contributed by atoms with Gasteiger partial charge in [0, 0.05) is 18.6 Å². The quantitative estimate of drug-likeness (QED) is 0.667. The molecule has 2 unspecified atom stereocenters. The van der Waals surface area contributed by atoms with E-state index in [2.05, 4.69) is 20.3 Å². The maximum absolute atomic E-state index is 13.2. The van der Waals surface area contributed by atoms with Crippen LogP contribution in [0.2, 0.25) is 0 Å². The molecule has 0 N–H and O–H groups in total. The average Bonchev–Trinajstić information content (AvgIpc) is 3.48.